The van der Waals surface area contributed by atoms with E-state index in [0.29, 0.717) is 61.1 Å². The van der Waals surface area contributed by atoms with Crippen molar-refractivity contribution < 1.29 is 32.6 Å². The number of ketones is 1. The van der Waals surface area contributed by atoms with Gasteiger partial charge < -0.3 is 29.0 Å². The number of nitrogens with zero attached hydrogens (tertiary/aromatic N) is 4. The lowest BCUT2D eigenvalue weighted by atomic mass is 9.86. The molecule has 12 nitrogen and oxygen atoms in total. The molecule has 0 spiro atoms. The first-order valence-electron chi connectivity index (χ1n) is 15.3. The number of fused-ring (bicyclic) bond motifs is 1. The van der Waals surface area contributed by atoms with Gasteiger partial charge in [-0.15, -0.1) is 0 Å². The highest BCUT2D eigenvalue weighted by Gasteiger charge is 2.27. The fraction of sp³-hybridized carbons (Fsp3) is 0.353. The van der Waals surface area contributed by atoms with Crippen LogP contribution in [0, 0.1) is 0 Å². The van der Waals surface area contributed by atoms with Gasteiger partial charge in [0.05, 0.1) is 31.7 Å². The van der Waals surface area contributed by atoms with Gasteiger partial charge in [-0.2, -0.15) is 4.98 Å². The van der Waals surface area contributed by atoms with Crippen LogP contribution < -0.4 is 24.0 Å². The van der Waals surface area contributed by atoms with Gasteiger partial charge in [-0.3, -0.25) is 18.1 Å². The first kappa shape index (κ1) is 33.8. The third-order valence-electron chi connectivity index (χ3n) is 7.72. The van der Waals surface area contributed by atoms with Crippen molar-refractivity contribution in [1.82, 2.24) is 9.97 Å². The molecule has 0 radical (unpaired) electrons. The van der Waals surface area contributed by atoms with Gasteiger partial charge in [-0.05, 0) is 47.1 Å². The Morgan fingerprint density at radius 3 is 2.47 bits per heavy atom. The Labute approximate surface area is 276 Å². The number of hydrogen-bond donors (Lipinski definition) is 1. The van der Waals surface area contributed by atoms with Crippen molar-refractivity contribution in [2.75, 3.05) is 54.5 Å². The van der Waals surface area contributed by atoms with Crippen molar-refractivity contribution in [3.8, 4) is 17.4 Å². The number of methoxy groups -OCH3 is 1. The number of rotatable bonds is 11. The highest BCUT2D eigenvalue weighted by Crippen LogP contribution is 2.41. The molecule has 0 bridgehead atoms. The van der Waals surface area contributed by atoms with Gasteiger partial charge in [-0.25, -0.2) is 4.98 Å². The summed E-state index contributed by atoms with van der Waals surface area (Å²) in [5.41, 5.74) is 0.957. The second-order valence-corrected chi connectivity index (χ2v) is 12.9. The van der Waals surface area contributed by atoms with Crippen molar-refractivity contribution in [3.05, 3.63) is 71.9 Å². The van der Waals surface area contributed by atoms with Gasteiger partial charge in [0.15, 0.2) is 5.75 Å². The molecular weight excluding hydrogens is 622 g/mol. The number of nitrogens with one attached hydrogen (secondary N) is 1. The van der Waals surface area contributed by atoms with E-state index in [1.165, 1.54) is 11.4 Å². The van der Waals surface area contributed by atoms with Crippen LogP contribution in [0.5, 0.6) is 17.4 Å². The van der Waals surface area contributed by atoms with Crippen molar-refractivity contribution in [3.63, 3.8) is 0 Å². The number of carbonyl (C=O) groups is 2. The van der Waals surface area contributed by atoms with Crippen LogP contribution in [0.1, 0.15) is 50.0 Å². The van der Waals surface area contributed by atoms with E-state index in [2.05, 4.69) is 15.3 Å². The number of aromatic nitrogens is 2. The molecule has 13 heteroatoms. The molecule has 3 aromatic carbocycles. The summed E-state index contributed by atoms with van der Waals surface area (Å²) in [6.07, 6.45) is 2.18. The van der Waals surface area contributed by atoms with Crippen molar-refractivity contribution in [2.45, 2.75) is 39.5 Å². The summed E-state index contributed by atoms with van der Waals surface area (Å²) in [5.74, 6) is -0.239. The zero-order valence-corrected chi connectivity index (χ0v) is 27.9. The van der Waals surface area contributed by atoms with Crippen LogP contribution in [0.25, 0.3) is 10.8 Å². The molecule has 1 N–H and O–H groups in total. The van der Waals surface area contributed by atoms with E-state index < -0.39 is 28.4 Å². The smallest absolute Gasteiger partial charge is 0.296 e. The molecule has 1 saturated heterocycles. The third kappa shape index (κ3) is 7.53. The minimum absolute atomic E-state index is 0.131. The highest BCUT2D eigenvalue weighted by atomic mass is 32.2. The fourth-order valence-electron chi connectivity index (χ4n) is 5.29. The SMILES string of the molecule is CCCN(c1cc(C(C)(C)C)cc(NC(=O)C(=O)c2ccc(Oc3ccnc(N4CCOCC4)n3)c3ccccc23)c1OC)S(=O)[O-]. The van der Waals surface area contributed by atoms with Crippen LogP contribution in [0.4, 0.5) is 17.3 Å². The normalized spacial score (nSPS) is 14.0. The number of hydrogen-bond acceptors (Lipinski definition) is 10. The molecule has 47 heavy (non-hydrogen) atoms. The molecule has 1 aliphatic heterocycles. The molecule has 1 aromatic heterocycles. The van der Waals surface area contributed by atoms with E-state index >= 15 is 0 Å². The summed E-state index contributed by atoms with van der Waals surface area (Å²) < 4.78 is 42.8. The predicted molar refractivity (Wildman–Crippen MR) is 180 cm³/mol. The van der Waals surface area contributed by atoms with Gasteiger partial charge in [0.25, 0.3) is 11.7 Å². The Morgan fingerprint density at radius 1 is 1.09 bits per heavy atom. The van der Waals surface area contributed by atoms with Crippen molar-refractivity contribution in [1.29, 1.82) is 0 Å². The molecule has 2 heterocycles. The molecule has 1 atom stereocenters. The maximum absolute atomic E-state index is 13.7. The van der Waals surface area contributed by atoms with Crippen LogP contribution in [0.2, 0.25) is 0 Å². The monoisotopic (exact) mass is 660 g/mol. The molecular formula is C34H38N5O7S-. The summed E-state index contributed by atoms with van der Waals surface area (Å²) in [6, 6.07) is 15.4. The second kappa shape index (κ2) is 14.4. The minimum atomic E-state index is -2.60. The Balaban J connectivity index is 1.46. The van der Waals surface area contributed by atoms with Crippen molar-refractivity contribution >= 4 is 51.1 Å². The first-order chi connectivity index (χ1) is 22.5. The van der Waals surface area contributed by atoms with Crippen LogP contribution in [-0.4, -0.2) is 70.4 Å². The average Bonchev–Trinajstić information content (AvgIpc) is 3.06. The molecule has 248 valence electrons. The Morgan fingerprint density at radius 2 is 1.81 bits per heavy atom. The number of benzene rings is 3. The van der Waals surface area contributed by atoms with E-state index in [0.717, 1.165) is 5.56 Å². The lowest BCUT2D eigenvalue weighted by Crippen LogP contribution is -2.37. The summed E-state index contributed by atoms with van der Waals surface area (Å²) in [4.78, 5) is 38.3. The molecule has 4 aromatic rings. The number of amides is 1. The van der Waals surface area contributed by atoms with Crippen molar-refractivity contribution in [2.24, 2.45) is 0 Å². The zero-order chi connectivity index (χ0) is 33.7. The number of carbonyl (C=O) groups excluding carboxylic acids is 2. The summed E-state index contributed by atoms with van der Waals surface area (Å²) in [6.45, 7) is 10.5. The maximum Gasteiger partial charge on any atom is 0.296 e. The highest BCUT2D eigenvalue weighted by molar-refractivity contribution is 7.80. The zero-order valence-electron chi connectivity index (χ0n) is 27.1. The molecule has 1 amide bonds. The number of anilines is 3. The number of morpholine rings is 1. The topological polar surface area (TPSA) is 146 Å². The molecule has 1 aliphatic rings. The molecule has 1 unspecified atom stereocenters. The average molecular weight is 661 g/mol. The Kier molecular flexibility index (Phi) is 10.4. The van der Waals surface area contributed by atoms with E-state index in [1.807, 2.05) is 38.7 Å². The summed E-state index contributed by atoms with van der Waals surface area (Å²) in [7, 11) is 1.39. The van der Waals surface area contributed by atoms with E-state index in [9.17, 15) is 18.4 Å². The van der Waals surface area contributed by atoms with Gasteiger partial charge in [0.2, 0.25) is 11.8 Å². The lowest BCUT2D eigenvalue weighted by molar-refractivity contribution is -0.112. The quantitative estimate of drug-likeness (QED) is 0.126. The van der Waals surface area contributed by atoms with Gasteiger partial charge in [0, 0.05) is 54.1 Å². The van der Waals surface area contributed by atoms with E-state index in [4.69, 9.17) is 14.2 Å². The van der Waals surface area contributed by atoms with Crippen LogP contribution in [0.3, 0.4) is 0 Å². The van der Waals surface area contributed by atoms with Gasteiger partial charge in [0.1, 0.15) is 5.75 Å². The lowest BCUT2D eigenvalue weighted by Gasteiger charge is -2.31. The Hall–Kier alpha value is -4.59. The van der Waals surface area contributed by atoms with E-state index in [1.54, 1.807) is 54.7 Å². The van der Waals surface area contributed by atoms with Gasteiger partial charge >= 0.3 is 0 Å². The maximum atomic E-state index is 13.7. The number of ether oxygens (including phenoxy) is 3. The predicted octanol–water partition coefficient (Wildman–Crippen LogP) is 5.40. The Bertz CT molecular complexity index is 1800. The fourth-order valence-corrected chi connectivity index (χ4v) is 5.92. The summed E-state index contributed by atoms with van der Waals surface area (Å²) in [5, 5.41) is 3.83. The molecule has 0 saturated carbocycles. The van der Waals surface area contributed by atoms with Crippen LogP contribution >= 0.6 is 0 Å². The van der Waals surface area contributed by atoms with Crippen LogP contribution in [-0.2, 0) is 26.2 Å². The largest absolute Gasteiger partial charge is 0.755 e. The van der Waals surface area contributed by atoms with E-state index in [-0.39, 0.29) is 29.2 Å². The minimum Gasteiger partial charge on any atom is -0.755 e. The first-order valence-corrected chi connectivity index (χ1v) is 16.4. The molecule has 5 rings (SSSR count). The standard InChI is InChI=1S/C34H39N5O7S/c1-6-15-39(47(42)43)27-21-22(34(2,3)4)20-26(31(27)44-5)36-32(41)30(40)25-11-12-28(24-10-8-7-9-23(24)25)46-29-13-14-35-33(37-29)38-16-18-45-19-17-38/h7-14,20-21H,6,15-19H2,1-5H3,(H,36,41)(H,42,43)/p-1. The number of Topliss-reactive ketones (excluding diaryl/α,β-unsaturated/α-hetero) is 1. The summed E-state index contributed by atoms with van der Waals surface area (Å²) >= 11 is -2.60. The van der Waals surface area contributed by atoms with Crippen LogP contribution in [0.15, 0.2) is 60.8 Å². The van der Waals surface area contributed by atoms with Gasteiger partial charge in [-0.1, -0.05) is 52.0 Å². The third-order valence-corrected chi connectivity index (χ3v) is 8.46. The second-order valence-electron chi connectivity index (χ2n) is 12.0. The molecule has 0 aliphatic carbocycles. The molecule has 1 fully saturated rings.